The van der Waals surface area contributed by atoms with Gasteiger partial charge in [-0.25, -0.2) is 0 Å². The van der Waals surface area contributed by atoms with E-state index in [1.54, 1.807) is 33.2 Å². The number of hydrogen-bond donors (Lipinski definition) is 2. The molecule has 0 aliphatic heterocycles. The van der Waals surface area contributed by atoms with Gasteiger partial charge in [0.15, 0.2) is 0 Å². The summed E-state index contributed by atoms with van der Waals surface area (Å²) in [4.78, 5) is 25.3. The van der Waals surface area contributed by atoms with Crippen LogP contribution in [-0.4, -0.2) is 43.4 Å². The zero-order chi connectivity index (χ0) is 14.4. The molecular formula is C14H21N3O2. The van der Waals surface area contributed by atoms with Crippen LogP contribution >= 0.6 is 0 Å². The lowest BCUT2D eigenvalue weighted by atomic mass is 10.1. The smallest absolute Gasteiger partial charge is 0.254 e. The number of anilines is 1. The van der Waals surface area contributed by atoms with Crippen LogP contribution in [0.25, 0.3) is 0 Å². The first-order valence-electron chi connectivity index (χ1n) is 6.32. The second-order valence-corrected chi connectivity index (χ2v) is 4.50. The lowest BCUT2D eigenvalue weighted by Crippen LogP contribution is -2.44. The highest BCUT2D eigenvalue weighted by Crippen LogP contribution is 2.14. The number of carbonyl (C=O) groups excluding carboxylic acids is 2. The molecule has 0 bridgehead atoms. The number of amides is 2. The molecule has 1 unspecified atom stereocenters. The van der Waals surface area contributed by atoms with Gasteiger partial charge in [-0.1, -0.05) is 12.1 Å². The second kappa shape index (κ2) is 6.78. The van der Waals surface area contributed by atoms with Gasteiger partial charge in [-0.05, 0) is 26.0 Å². The first-order valence-corrected chi connectivity index (χ1v) is 6.32. The van der Waals surface area contributed by atoms with Crippen LogP contribution in [0.2, 0.25) is 0 Å². The van der Waals surface area contributed by atoms with Crippen molar-refractivity contribution in [3.63, 3.8) is 0 Å². The third kappa shape index (κ3) is 3.98. The van der Waals surface area contributed by atoms with E-state index in [1.807, 2.05) is 19.1 Å². The molecule has 0 aromatic heterocycles. The lowest BCUT2D eigenvalue weighted by molar-refractivity contribution is -0.130. The molecule has 5 heteroatoms. The van der Waals surface area contributed by atoms with Crippen LogP contribution in [0.4, 0.5) is 5.69 Å². The Kier molecular flexibility index (Phi) is 5.36. The summed E-state index contributed by atoms with van der Waals surface area (Å²) in [5.74, 6) is -0.381. The highest BCUT2D eigenvalue weighted by atomic mass is 16.2. The van der Waals surface area contributed by atoms with Gasteiger partial charge in [-0.15, -0.1) is 0 Å². The molecule has 0 saturated carbocycles. The maximum absolute atomic E-state index is 12.2. The number of rotatable bonds is 5. The Bertz CT molecular complexity index is 458. The normalized spacial score (nSPS) is 11.6. The van der Waals surface area contributed by atoms with Gasteiger partial charge in [-0.3, -0.25) is 9.59 Å². The minimum atomic E-state index is -0.544. The fourth-order valence-corrected chi connectivity index (χ4v) is 1.75. The quantitative estimate of drug-likeness (QED) is 0.842. The summed E-state index contributed by atoms with van der Waals surface area (Å²) < 4.78 is 0. The molecule has 0 spiro atoms. The second-order valence-electron chi connectivity index (χ2n) is 4.50. The van der Waals surface area contributed by atoms with Gasteiger partial charge in [0.05, 0.1) is 5.56 Å². The van der Waals surface area contributed by atoms with Crippen molar-refractivity contribution in [2.45, 2.75) is 19.9 Å². The van der Waals surface area contributed by atoms with Gasteiger partial charge in [0.25, 0.3) is 5.91 Å². The van der Waals surface area contributed by atoms with Crippen LogP contribution in [0.3, 0.4) is 0 Å². The number of carbonyl (C=O) groups is 2. The van der Waals surface area contributed by atoms with Crippen LogP contribution in [0, 0.1) is 0 Å². The molecule has 1 aromatic carbocycles. The molecule has 2 N–H and O–H groups in total. The average molecular weight is 263 g/mol. The Morgan fingerprint density at radius 2 is 1.89 bits per heavy atom. The summed E-state index contributed by atoms with van der Waals surface area (Å²) in [6.07, 6.45) is 0. The number of nitrogens with zero attached hydrogens (tertiary/aromatic N) is 1. The Morgan fingerprint density at radius 3 is 2.47 bits per heavy atom. The van der Waals surface area contributed by atoms with Crippen LogP contribution < -0.4 is 10.6 Å². The van der Waals surface area contributed by atoms with Crippen molar-refractivity contribution in [2.24, 2.45) is 0 Å². The molecule has 1 rings (SSSR count). The van der Waals surface area contributed by atoms with E-state index >= 15 is 0 Å². The van der Waals surface area contributed by atoms with E-state index in [-0.39, 0.29) is 11.8 Å². The minimum Gasteiger partial charge on any atom is -0.385 e. The summed E-state index contributed by atoms with van der Waals surface area (Å²) in [5.41, 5.74) is 1.31. The number of hydrogen-bond acceptors (Lipinski definition) is 3. The van der Waals surface area contributed by atoms with Crippen LogP contribution in [0.1, 0.15) is 24.2 Å². The van der Waals surface area contributed by atoms with E-state index < -0.39 is 6.04 Å². The maximum Gasteiger partial charge on any atom is 0.254 e. The maximum atomic E-state index is 12.2. The van der Waals surface area contributed by atoms with Crippen molar-refractivity contribution in [3.8, 4) is 0 Å². The Labute approximate surface area is 114 Å². The fourth-order valence-electron chi connectivity index (χ4n) is 1.75. The molecule has 2 amide bonds. The summed E-state index contributed by atoms with van der Waals surface area (Å²) >= 11 is 0. The highest BCUT2D eigenvalue weighted by molar-refractivity contribution is 6.01. The van der Waals surface area contributed by atoms with Crippen molar-refractivity contribution >= 4 is 17.5 Å². The zero-order valence-corrected chi connectivity index (χ0v) is 11.9. The third-order valence-corrected chi connectivity index (χ3v) is 2.70. The van der Waals surface area contributed by atoms with Crippen molar-refractivity contribution in [2.75, 3.05) is 26.0 Å². The number of benzene rings is 1. The zero-order valence-electron chi connectivity index (χ0n) is 11.9. The fraction of sp³-hybridized carbons (Fsp3) is 0.429. The first-order chi connectivity index (χ1) is 8.97. The summed E-state index contributed by atoms with van der Waals surface area (Å²) in [6.45, 7) is 4.37. The molecule has 0 heterocycles. The third-order valence-electron chi connectivity index (χ3n) is 2.70. The summed E-state index contributed by atoms with van der Waals surface area (Å²) in [6, 6.07) is 6.70. The van der Waals surface area contributed by atoms with Crippen molar-refractivity contribution in [1.29, 1.82) is 0 Å². The molecule has 0 fully saturated rings. The number of nitrogens with one attached hydrogen (secondary N) is 2. The Morgan fingerprint density at radius 1 is 1.26 bits per heavy atom. The molecule has 0 aliphatic carbocycles. The SMILES string of the molecule is CCNc1ccccc1C(=O)NC(C)C(=O)N(C)C. The van der Waals surface area contributed by atoms with Gasteiger partial charge >= 0.3 is 0 Å². The van der Waals surface area contributed by atoms with E-state index in [2.05, 4.69) is 10.6 Å². The summed E-state index contributed by atoms with van der Waals surface area (Å²) in [5, 5.41) is 5.83. The topological polar surface area (TPSA) is 61.4 Å². The van der Waals surface area contributed by atoms with E-state index in [0.29, 0.717) is 5.56 Å². The van der Waals surface area contributed by atoms with Crippen LogP contribution in [0.5, 0.6) is 0 Å². The molecule has 1 aromatic rings. The van der Waals surface area contributed by atoms with Crippen LogP contribution in [0.15, 0.2) is 24.3 Å². The van der Waals surface area contributed by atoms with Crippen molar-refractivity contribution in [3.05, 3.63) is 29.8 Å². The molecule has 1 atom stereocenters. The van der Waals surface area contributed by atoms with Gasteiger partial charge in [0, 0.05) is 26.3 Å². The van der Waals surface area contributed by atoms with Crippen LogP contribution in [-0.2, 0) is 4.79 Å². The van der Waals surface area contributed by atoms with Gasteiger partial charge in [-0.2, -0.15) is 0 Å². The average Bonchev–Trinajstić information content (AvgIpc) is 2.38. The first kappa shape index (κ1) is 15.0. The Balaban J connectivity index is 2.81. The number of para-hydroxylation sites is 1. The lowest BCUT2D eigenvalue weighted by Gasteiger charge is -2.19. The van der Waals surface area contributed by atoms with Gasteiger partial charge in [0.2, 0.25) is 5.91 Å². The monoisotopic (exact) mass is 263 g/mol. The molecule has 104 valence electrons. The van der Waals surface area contributed by atoms with E-state index in [9.17, 15) is 9.59 Å². The molecule has 5 nitrogen and oxygen atoms in total. The molecule has 0 radical (unpaired) electrons. The molecule has 0 aliphatic rings. The Hall–Kier alpha value is -2.04. The number of likely N-dealkylation sites (N-methyl/N-ethyl adjacent to an activating group) is 1. The largest absolute Gasteiger partial charge is 0.385 e. The van der Waals surface area contributed by atoms with E-state index in [4.69, 9.17) is 0 Å². The standard InChI is InChI=1S/C14H21N3O2/c1-5-15-12-9-7-6-8-11(12)13(18)16-10(2)14(19)17(3)4/h6-10,15H,5H2,1-4H3,(H,16,18). The van der Waals surface area contributed by atoms with E-state index in [0.717, 1.165) is 12.2 Å². The molecule has 19 heavy (non-hydrogen) atoms. The van der Waals surface area contributed by atoms with Gasteiger partial charge < -0.3 is 15.5 Å². The van der Waals surface area contributed by atoms with Crippen molar-refractivity contribution in [1.82, 2.24) is 10.2 Å². The minimum absolute atomic E-state index is 0.130. The molecular weight excluding hydrogens is 242 g/mol. The predicted molar refractivity (Wildman–Crippen MR) is 76.2 cm³/mol. The van der Waals surface area contributed by atoms with Crippen molar-refractivity contribution < 1.29 is 9.59 Å². The molecule has 0 saturated heterocycles. The van der Waals surface area contributed by atoms with Gasteiger partial charge in [0.1, 0.15) is 6.04 Å². The van der Waals surface area contributed by atoms with E-state index in [1.165, 1.54) is 4.90 Å². The highest BCUT2D eigenvalue weighted by Gasteiger charge is 2.19. The predicted octanol–water partition coefficient (Wildman–Crippen LogP) is 1.32. The summed E-state index contributed by atoms with van der Waals surface area (Å²) in [7, 11) is 3.33.